The first-order valence-electron chi connectivity index (χ1n) is 19.1. The van der Waals surface area contributed by atoms with E-state index in [1.54, 1.807) is 5.56 Å². The molecular formula is C47H54BrN. The summed E-state index contributed by atoms with van der Waals surface area (Å²) in [7, 11) is 0. The molecule has 5 aromatic carbocycles. The molecule has 2 heteroatoms. The number of halogens is 1. The minimum absolute atomic E-state index is 0.0556. The van der Waals surface area contributed by atoms with Crippen molar-refractivity contribution in [2.75, 3.05) is 4.90 Å². The van der Waals surface area contributed by atoms with Gasteiger partial charge in [-0.25, -0.2) is 0 Å². The minimum Gasteiger partial charge on any atom is -0.310 e. The van der Waals surface area contributed by atoms with Crippen molar-refractivity contribution in [2.24, 2.45) is 0 Å². The van der Waals surface area contributed by atoms with Crippen molar-refractivity contribution >= 4 is 33.0 Å². The lowest BCUT2D eigenvalue weighted by Gasteiger charge is -2.34. The zero-order valence-corrected chi connectivity index (χ0v) is 31.4. The largest absolute Gasteiger partial charge is 0.310 e. The molecule has 0 bridgehead atoms. The first-order valence-corrected chi connectivity index (χ1v) is 19.9. The molecule has 6 rings (SSSR count). The van der Waals surface area contributed by atoms with Gasteiger partial charge in [0.25, 0.3) is 0 Å². The summed E-state index contributed by atoms with van der Waals surface area (Å²) in [4.78, 5) is 2.45. The quantitative estimate of drug-likeness (QED) is 0.0818. The smallest absolute Gasteiger partial charge is 0.0465 e. The van der Waals surface area contributed by atoms with Crippen molar-refractivity contribution in [1.29, 1.82) is 0 Å². The predicted octanol–water partition coefficient (Wildman–Crippen LogP) is 15.4. The molecule has 0 N–H and O–H groups in total. The van der Waals surface area contributed by atoms with E-state index in [-0.39, 0.29) is 5.41 Å². The van der Waals surface area contributed by atoms with Gasteiger partial charge in [0.1, 0.15) is 0 Å². The SMILES string of the molecule is CCCCCCCCC1(CCCCCCCC)c2ccccc2-c2ccc(N(c3ccc(Br)cc3)c3ccc(-c4ccccc4)cc3)cc21. The minimum atomic E-state index is 0.0556. The summed E-state index contributed by atoms with van der Waals surface area (Å²) in [5, 5.41) is 0. The molecule has 0 radical (unpaired) electrons. The van der Waals surface area contributed by atoms with Crippen LogP contribution in [0.2, 0.25) is 0 Å². The molecule has 49 heavy (non-hydrogen) atoms. The lowest BCUT2D eigenvalue weighted by atomic mass is 9.70. The van der Waals surface area contributed by atoms with Crippen LogP contribution in [0.5, 0.6) is 0 Å². The van der Waals surface area contributed by atoms with Crippen LogP contribution in [0, 0.1) is 0 Å². The molecule has 0 heterocycles. The Labute approximate surface area is 304 Å². The van der Waals surface area contributed by atoms with E-state index in [4.69, 9.17) is 0 Å². The van der Waals surface area contributed by atoms with Crippen molar-refractivity contribution in [3.63, 3.8) is 0 Å². The van der Waals surface area contributed by atoms with E-state index >= 15 is 0 Å². The molecular weight excluding hydrogens is 658 g/mol. The maximum Gasteiger partial charge on any atom is 0.0465 e. The van der Waals surface area contributed by atoms with E-state index in [0.29, 0.717) is 0 Å². The molecule has 0 atom stereocenters. The summed E-state index contributed by atoms with van der Waals surface area (Å²) in [6.07, 6.45) is 18.4. The Morgan fingerprint density at radius 3 is 1.57 bits per heavy atom. The second-order valence-electron chi connectivity index (χ2n) is 14.1. The van der Waals surface area contributed by atoms with Gasteiger partial charge < -0.3 is 4.90 Å². The van der Waals surface area contributed by atoms with Crippen LogP contribution in [-0.2, 0) is 5.41 Å². The van der Waals surface area contributed by atoms with Gasteiger partial charge in [0.05, 0.1) is 0 Å². The Morgan fingerprint density at radius 1 is 0.449 bits per heavy atom. The van der Waals surface area contributed by atoms with E-state index in [2.05, 4.69) is 156 Å². The number of anilines is 3. The van der Waals surface area contributed by atoms with Crippen molar-refractivity contribution in [3.8, 4) is 22.3 Å². The average Bonchev–Trinajstić information content (AvgIpc) is 3.41. The number of nitrogens with zero attached hydrogens (tertiary/aromatic N) is 1. The van der Waals surface area contributed by atoms with Gasteiger partial charge in [-0.15, -0.1) is 0 Å². The maximum absolute atomic E-state index is 3.68. The second-order valence-corrected chi connectivity index (χ2v) is 15.0. The summed E-state index contributed by atoms with van der Waals surface area (Å²) in [5.41, 5.74) is 12.1. The number of unbranched alkanes of at least 4 members (excludes halogenated alkanes) is 10. The standard InChI is InChI=1S/C47H54BrN/c1-3-5-7-9-11-18-34-47(35-19-12-10-8-6-4-2)45-23-17-16-22-43(45)44-33-32-42(36-46(44)47)49(41-30-26-39(48)27-31-41)40-28-24-38(25-29-40)37-20-14-13-15-21-37/h13-17,20-33,36H,3-12,18-19,34-35H2,1-2H3. The van der Waals surface area contributed by atoms with Crippen molar-refractivity contribution in [3.05, 3.63) is 137 Å². The molecule has 0 saturated heterocycles. The Kier molecular flexibility index (Phi) is 12.5. The number of hydrogen-bond donors (Lipinski definition) is 0. The van der Waals surface area contributed by atoms with Crippen LogP contribution < -0.4 is 4.90 Å². The van der Waals surface area contributed by atoms with Crippen LogP contribution in [0.1, 0.15) is 115 Å². The highest BCUT2D eigenvalue weighted by atomic mass is 79.9. The highest BCUT2D eigenvalue weighted by Gasteiger charge is 2.42. The molecule has 0 spiro atoms. The first kappa shape index (κ1) is 35.2. The zero-order chi connectivity index (χ0) is 33.9. The lowest BCUT2D eigenvalue weighted by Crippen LogP contribution is -2.26. The van der Waals surface area contributed by atoms with Gasteiger partial charge in [-0.3, -0.25) is 0 Å². The fourth-order valence-electron chi connectivity index (χ4n) is 8.13. The van der Waals surface area contributed by atoms with Gasteiger partial charge in [-0.2, -0.15) is 0 Å². The van der Waals surface area contributed by atoms with Gasteiger partial charge in [-0.05, 0) is 94.8 Å². The molecule has 5 aromatic rings. The van der Waals surface area contributed by atoms with Crippen LogP contribution in [-0.4, -0.2) is 0 Å². The van der Waals surface area contributed by atoms with Crippen molar-refractivity contribution in [2.45, 2.75) is 109 Å². The highest BCUT2D eigenvalue weighted by Crippen LogP contribution is 2.55. The van der Waals surface area contributed by atoms with E-state index in [1.807, 2.05) is 0 Å². The number of rotatable bonds is 18. The van der Waals surface area contributed by atoms with E-state index in [1.165, 1.54) is 135 Å². The summed E-state index contributed by atoms with van der Waals surface area (Å²) in [6, 6.07) is 45.3. The zero-order valence-electron chi connectivity index (χ0n) is 29.8. The van der Waals surface area contributed by atoms with Crippen LogP contribution in [0.15, 0.2) is 126 Å². The highest BCUT2D eigenvalue weighted by molar-refractivity contribution is 9.10. The molecule has 0 aliphatic heterocycles. The fraction of sp³-hybridized carbons (Fsp3) is 0.362. The third-order valence-corrected chi connectivity index (χ3v) is 11.3. The van der Waals surface area contributed by atoms with Gasteiger partial charge in [0.2, 0.25) is 0 Å². The number of fused-ring (bicyclic) bond motifs is 3. The molecule has 0 unspecified atom stereocenters. The maximum atomic E-state index is 3.68. The van der Waals surface area contributed by atoms with E-state index < -0.39 is 0 Å². The molecule has 0 amide bonds. The normalized spacial score (nSPS) is 12.9. The molecule has 0 fully saturated rings. The van der Waals surface area contributed by atoms with Gasteiger partial charge in [-0.1, -0.05) is 180 Å². The molecule has 254 valence electrons. The molecule has 0 saturated carbocycles. The van der Waals surface area contributed by atoms with Gasteiger partial charge in [0, 0.05) is 26.9 Å². The van der Waals surface area contributed by atoms with Crippen LogP contribution >= 0.6 is 15.9 Å². The molecule has 1 aliphatic rings. The topological polar surface area (TPSA) is 3.24 Å². The van der Waals surface area contributed by atoms with Crippen molar-refractivity contribution < 1.29 is 0 Å². The second kappa shape index (κ2) is 17.3. The van der Waals surface area contributed by atoms with Crippen LogP contribution in [0.4, 0.5) is 17.1 Å². The lowest BCUT2D eigenvalue weighted by molar-refractivity contribution is 0.398. The Balaban J connectivity index is 1.40. The Bertz CT molecular complexity index is 1720. The monoisotopic (exact) mass is 711 g/mol. The van der Waals surface area contributed by atoms with E-state index in [9.17, 15) is 0 Å². The Morgan fingerprint density at radius 2 is 0.939 bits per heavy atom. The molecule has 0 aromatic heterocycles. The summed E-state index contributed by atoms with van der Waals surface area (Å²) >= 11 is 3.68. The first-order chi connectivity index (χ1) is 24.1. The Hall–Kier alpha value is -3.62. The molecule has 1 nitrogen and oxygen atoms in total. The summed E-state index contributed by atoms with van der Waals surface area (Å²) in [6.45, 7) is 4.63. The van der Waals surface area contributed by atoms with Gasteiger partial charge >= 0.3 is 0 Å². The number of benzene rings is 5. The fourth-order valence-corrected chi connectivity index (χ4v) is 8.40. The summed E-state index contributed by atoms with van der Waals surface area (Å²) < 4.78 is 1.09. The number of hydrogen-bond acceptors (Lipinski definition) is 1. The van der Waals surface area contributed by atoms with E-state index in [0.717, 1.165) is 4.47 Å². The summed E-state index contributed by atoms with van der Waals surface area (Å²) in [5.74, 6) is 0. The van der Waals surface area contributed by atoms with Crippen molar-refractivity contribution in [1.82, 2.24) is 0 Å². The predicted molar refractivity (Wildman–Crippen MR) is 216 cm³/mol. The average molecular weight is 713 g/mol. The molecule has 1 aliphatic carbocycles. The third-order valence-electron chi connectivity index (χ3n) is 10.7. The van der Waals surface area contributed by atoms with Crippen LogP contribution in [0.3, 0.4) is 0 Å². The van der Waals surface area contributed by atoms with Gasteiger partial charge in [0.15, 0.2) is 0 Å². The third kappa shape index (κ3) is 8.24. The van der Waals surface area contributed by atoms with Crippen LogP contribution in [0.25, 0.3) is 22.3 Å².